The number of nitrogens with zero attached hydrogens (tertiary/aromatic N) is 1. The van der Waals surface area contributed by atoms with Crippen molar-refractivity contribution in [3.05, 3.63) is 64.5 Å². The Hall–Kier alpha value is -2.21. The van der Waals surface area contributed by atoms with E-state index in [4.69, 9.17) is 5.73 Å². The number of alkyl halides is 3. The second kappa shape index (κ2) is 5.65. The van der Waals surface area contributed by atoms with Crippen molar-refractivity contribution in [2.75, 3.05) is 0 Å². The van der Waals surface area contributed by atoms with Gasteiger partial charge in [0.25, 0.3) is 0 Å². The molecule has 6 heteroatoms. The van der Waals surface area contributed by atoms with Crippen LogP contribution in [0.15, 0.2) is 36.5 Å². The molecule has 0 atom stereocenters. The lowest BCUT2D eigenvalue weighted by atomic mass is 9.97. The molecule has 0 aliphatic carbocycles. The zero-order valence-electron chi connectivity index (χ0n) is 11.2. The lowest BCUT2D eigenvalue weighted by Crippen LogP contribution is -2.10. The standard InChI is InChI=1S/C15H13F3N2O/c1-9-6-11(15(16,17)18)2-3-13(9)14(21)10-4-5-20-12(7-10)8-19/h2-7H,8,19H2,1H3. The van der Waals surface area contributed by atoms with E-state index in [1.165, 1.54) is 25.3 Å². The highest BCUT2D eigenvalue weighted by Crippen LogP contribution is 2.30. The maximum absolute atomic E-state index is 12.6. The van der Waals surface area contributed by atoms with Gasteiger partial charge in [0, 0.05) is 23.9 Å². The number of aromatic nitrogens is 1. The normalized spacial score (nSPS) is 11.5. The zero-order valence-corrected chi connectivity index (χ0v) is 11.2. The van der Waals surface area contributed by atoms with Crippen LogP contribution in [-0.2, 0) is 12.7 Å². The van der Waals surface area contributed by atoms with Gasteiger partial charge in [-0.2, -0.15) is 13.2 Å². The highest BCUT2D eigenvalue weighted by molar-refractivity contribution is 6.09. The molecule has 110 valence electrons. The summed E-state index contributed by atoms with van der Waals surface area (Å²) in [7, 11) is 0. The van der Waals surface area contributed by atoms with Gasteiger partial charge in [-0.3, -0.25) is 9.78 Å². The second-order valence-corrected chi connectivity index (χ2v) is 4.60. The highest BCUT2D eigenvalue weighted by atomic mass is 19.4. The summed E-state index contributed by atoms with van der Waals surface area (Å²) in [5, 5.41) is 0. The number of pyridine rings is 1. The molecule has 1 heterocycles. The predicted octanol–water partition coefficient (Wildman–Crippen LogP) is 3.10. The fourth-order valence-electron chi connectivity index (χ4n) is 1.98. The average molecular weight is 294 g/mol. The van der Waals surface area contributed by atoms with Crippen LogP contribution in [0.25, 0.3) is 0 Å². The monoisotopic (exact) mass is 294 g/mol. The number of carbonyl (C=O) groups is 1. The molecule has 0 aliphatic heterocycles. The minimum atomic E-state index is -4.42. The molecule has 0 amide bonds. The number of hydrogen-bond acceptors (Lipinski definition) is 3. The first-order valence-corrected chi connectivity index (χ1v) is 6.20. The van der Waals surface area contributed by atoms with Gasteiger partial charge in [-0.1, -0.05) is 6.07 Å². The van der Waals surface area contributed by atoms with Gasteiger partial charge < -0.3 is 5.73 Å². The third-order valence-electron chi connectivity index (χ3n) is 3.09. The Morgan fingerprint density at radius 1 is 1.24 bits per heavy atom. The quantitative estimate of drug-likeness (QED) is 0.885. The molecule has 0 saturated carbocycles. The average Bonchev–Trinajstić information content (AvgIpc) is 2.45. The van der Waals surface area contributed by atoms with E-state index in [9.17, 15) is 18.0 Å². The summed E-state index contributed by atoms with van der Waals surface area (Å²) < 4.78 is 37.8. The number of rotatable bonds is 3. The van der Waals surface area contributed by atoms with Crippen molar-refractivity contribution < 1.29 is 18.0 Å². The summed E-state index contributed by atoms with van der Waals surface area (Å²) in [5.41, 5.74) is 6.10. The fourth-order valence-corrected chi connectivity index (χ4v) is 1.98. The Balaban J connectivity index is 2.40. The number of nitrogens with two attached hydrogens (primary N) is 1. The lowest BCUT2D eigenvalue weighted by molar-refractivity contribution is -0.137. The summed E-state index contributed by atoms with van der Waals surface area (Å²) in [6.07, 6.45) is -2.97. The molecule has 0 saturated heterocycles. The van der Waals surface area contributed by atoms with E-state index >= 15 is 0 Å². The maximum atomic E-state index is 12.6. The van der Waals surface area contributed by atoms with E-state index < -0.39 is 11.7 Å². The van der Waals surface area contributed by atoms with Crippen LogP contribution in [0.3, 0.4) is 0 Å². The van der Waals surface area contributed by atoms with Crippen molar-refractivity contribution in [3.8, 4) is 0 Å². The Labute approximate surface area is 119 Å². The molecule has 0 radical (unpaired) electrons. The van der Waals surface area contributed by atoms with Crippen molar-refractivity contribution in [2.24, 2.45) is 5.73 Å². The van der Waals surface area contributed by atoms with Gasteiger partial charge in [0.15, 0.2) is 5.78 Å². The van der Waals surface area contributed by atoms with E-state index in [-0.39, 0.29) is 23.5 Å². The van der Waals surface area contributed by atoms with E-state index in [2.05, 4.69) is 4.98 Å². The summed E-state index contributed by atoms with van der Waals surface area (Å²) in [6, 6.07) is 6.13. The van der Waals surface area contributed by atoms with Gasteiger partial charge in [-0.25, -0.2) is 0 Å². The minimum absolute atomic E-state index is 0.188. The van der Waals surface area contributed by atoms with Crippen LogP contribution in [0, 0.1) is 6.92 Å². The Morgan fingerprint density at radius 3 is 2.52 bits per heavy atom. The SMILES string of the molecule is Cc1cc(C(F)(F)F)ccc1C(=O)c1ccnc(CN)c1. The highest BCUT2D eigenvalue weighted by Gasteiger charge is 2.31. The second-order valence-electron chi connectivity index (χ2n) is 4.60. The molecule has 1 aromatic carbocycles. The van der Waals surface area contributed by atoms with Crippen LogP contribution >= 0.6 is 0 Å². The summed E-state index contributed by atoms with van der Waals surface area (Å²) in [5.74, 6) is -0.349. The Bertz CT molecular complexity index is 681. The lowest BCUT2D eigenvalue weighted by Gasteiger charge is -2.10. The van der Waals surface area contributed by atoms with Crippen molar-refractivity contribution >= 4 is 5.78 Å². The van der Waals surface area contributed by atoms with Gasteiger partial charge in [0.05, 0.1) is 11.3 Å². The molecule has 2 aromatic rings. The largest absolute Gasteiger partial charge is 0.416 e. The predicted molar refractivity (Wildman–Crippen MR) is 71.7 cm³/mol. The number of hydrogen-bond donors (Lipinski definition) is 1. The van der Waals surface area contributed by atoms with Gasteiger partial charge >= 0.3 is 6.18 Å². The number of benzene rings is 1. The van der Waals surface area contributed by atoms with Crippen LogP contribution in [-0.4, -0.2) is 10.8 Å². The van der Waals surface area contributed by atoms with Gasteiger partial charge in [-0.15, -0.1) is 0 Å². The summed E-state index contributed by atoms with van der Waals surface area (Å²) in [4.78, 5) is 16.3. The number of halogens is 3. The minimum Gasteiger partial charge on any atom is -0.325 e. The smallest absolute Gasteiger partial charge is 0.325 e. The van der Waals surface area contributed by atoms with E-state index in [1.54, 1.807) is 6.07 Å². The molecule has 1 aromatic heterocycles. The zero-order chi connectivity index (χ0) is 15.6. The van der Waals surface area contributed by atoms with Gasteiger partial charge in [0.2, 0.25) is 0 Å². The van der Waals surface area contributed by atoms with Crippen LogP contribution in [0.4, 0.5) is 13.2 Å². The number of carbonyl (C=O) groups excluding carboxylic acids is 1. The van der Waals surface area contributed by atoms with Gasteiger partial charge in [-0.05, 0) is 36.8 Å². The molecule has 0 fully saturated rings. The van der Waals surface area contributed by atoms with Crippen molar-refractivity contribution in [1.82, 2.24) is 4.98 Å². The third-order valence-corrected chi connectivity index (χ3v) is 3.09. The first-order chi connectivity index (χ1) is 9.82. The van der Waals surface area contributed by atoms with E-state index in [1.807, 2.05) is 0 Å². The molecule has 3 nitrogen and oxygen atoms in total. The Kier molecular flexibility index (Phi) is 4.09. The molecule has 0 unspecified atom stereocenters. The molecule has 0 spiro atoms. The third kappa shape index (κ3) is 3.28. The van der Waals surface area contributed by atoms with Crippen molar-refractivity contribution in [1.29, 1.82) is 0 Å². The topological polar surface area (TPSA) is 56.0 Å². The first kappa shape index (κ1) is 15.2. The van der Waals surface area contributed by atoms with Crippen molar-refractivity contribution in [2.45, 2.75) is 19.6 Å². The molecular weight excluding hydrogens is 281 g/mol. The Morgan fingerprint density at radius 2 is 1.95 bits per heavy atom. The van der Waals surface area contributed by atoms with Gasteiger partial charge in [0.1, 0.15) is 0 Å². The molecule has 0 bridgehead atoms. The molecule has 2 rings (SSSR count). The molecule has 2 N–H and O–H groups in total. The number of ketones is 1. The van der Waals surface area contributed by atoms with Crippen LogP contribution in [0.2, 0.25) is 0 Å². The maximum Gasteiger partial charge on any atom is 0.416 e. The summed E-state index contributed by atoms with van der Waals surface area (Å²) >= 11 is 0. The van der Waals surface area contributed by atoms with E-state index in [0.29, 0.717) is 11.3 Å². The van der Waals surface area contributed by atoms with Crippen LogP contribution in [0.5, 0.6) is 0 Å². The van der Waals surface area contributed by atoms with E-state index in [0.717, 1.165) is 12.1 Å². The molecule has 21 heavy (non-hydrogen) atoms. The molecule has 0 aliphatic rings. The van der Waals surface area contributed by atoms with Crippen LogP contribution in [0.1, 0.15) is 32.7 Å². The number of aryl methyl sites for hydroxylation is 1. The summed E-state index contributed by atoms with van der Waals surface area (Å²) in [6.45, 7) is 1.67. The van der Waals surface area contributed by atoms with Crippen LogP contribution < -0.4 is 5.73 Å². The first-order valence-electron chi connectivity index (χ1n) is 6.20. The molecular formula is C15H13F3N2O. The fraction of sp³-hybridized carbons (Fsp3) is 0.200. The van der Waals surface area contributed by atoms with Crippen molar-refractivity contribution in [3.63, 3.8) is 0 Å².